The van der Waals surface area contributed by atoms with Crippen molar-refractivity contribution < 1.29 is 19.1 Å². The van der Waals surface area contributed by atoms with Crippen molar-refractivity contribution in [3.8, 4) is 11.5 Å². The van der Waals surface area contributed by atoms with Crippen LogP contribution < -0.4 is 25.7 Å². The predicted molar refractivity (Wildman–Crippen MR) is 162 cm³/mol. The van der Waals surface area contributed by atoms with E-state index < -0.39 is 0 Å². The van der Waals surface area contributed by atoms with Gasteiger partial charge >= 0.3 is 0 Å². The third kappa shape index (κ3) is 6.01. The van der Waals surface area contributed by atoms with Crippen molar-refractivity contribution in [2.24, 2.45) is 0 Å². The first-order valence-corrected chi connectivity index (χ1v) is 14.1. The van der Waals surface area contributed by atoms with Gasteiger partial charge in [0, 0.05) is 18.7 Å². The zero-order valence-electron chi connectivity index (χ0n) is 22.5. The van der Waals surface area contributed by atoms with E-state index in [9.17, 15) is 14.4 Å². The van der Waals surface area contributed by atoms with E-state index in [-0.39, 0.29) is 17.4 Å². The number of aromatic amines is 1. The molecule has 41 heavy (non-hydrogen) atoms. The fraction of sp³-hybridized carbons (Fsp3) is 0.200. The molecule has 5 aromatic rings. The Morgan fingerprint density at radius 1 is 0.878 bits per heavy atom. The van der Waals surface area contributed by atoms with Gasteiger partial charge in [0.25, 0.3) is 17.4 Å². The fourth-order valence-electron chi connectivity index (χ4n) is 4.59. The Kier molecular flexibility index (Phi) is 8.46. The maximum absolute atomic E-state index is 13.0. The van der Waals surface area contributed by atoms with Gasteiger partial charge in [-0.3, -0.25) is 18.8 Å². The lowest BCUT2D eigenvalue weighted by Gasteiger charge is -2.10. The van der Waals surface area contributed by atoms with Crippen molar-refractivity contribution in [3.05, 3.63) is 103 Å². The summed E-state index contributed by atoms with van der Waals surface area (Å²) in [5, 5.41) is 6.20. The summed E-state index contributed by atoms with van der Waals surface area (Å²) in [5.74, 6) is 0.648. The summed E-state index contributed by atoms with van der Waals surface area (Å²) in [6, 6.07) is 20.3. The Bertz CT molecular complexity index is 1860. The van der Waals surface area contributed by atoms with E-state index in [1.165, 1.54) is 0 Å². The van der Waals surface area contributed by atoms with E-state index in [4.69, 9.17) is 21.7 Å². The number of rotatable bonds is 10. The molecule has 0 saturated heterocycles. The summed E-state index contributed by atoms with van der Waals surface area (Å²) in [5.41, 5.74) is 2.86. The molecule has 0 saturated carbocycles. The first kappa shape index (κ1) is 28.1. The number of nitrogens with zero attached hydrogens (tertiary/aromatic N) is 1. The average molecular weight is 589 g/mol. The average Bonchev–Trinajstić information content (AvgIpc) is 3.33. The number of hydrogen-bond donors (Lipinski definition) is 3. The Hall–Kier alpha value is -4.48. The SMILES string of the molecule is COc1ccc(CCNC(=O)c2ccc3c(=O)[nH]c4c(C(=O)NCCc5ccccc5)sc(=S)n4c3c2)cc1OC. The van der Waals surface area contributed by atoms with Gasteiger partial charge in [-0.25, -0.2) is 0 Å². The zero-order chi connectivity index (χ0) is 28.9. The highest BCUT2D eigenvalue weighted by Gasteiger charge is 2.19. The second-order valence-electron chi connectivity index (χ2n) is 9.25. The Labute approximate surface area is 244 Å². The quantitative estimate of drug-likeness (QED) is 0.207. The van der Waals surface area contributed by atoms with Crippen LogP contribution in [0.5, 0.6) is 11.5 Å². The fourth-order valence-corrected chi connectivity index (χ4v) is 5.89. The minimum absolute atomic E-state index is 0.290. The van der Waals surface area contributed by atoms with Crippen molar-refractivity contribution in [1.82, 2.24) is 20.0 Å². The number of hydrogen-bond acceptors (Lipinski definition) is 7. The number of fused-ring (bicyclic) bond motifs is 3. The molecule has 0 bridgehead atoms. The molecule has 3 aromatic carbocycles. The lowest BCUT2D eigenvalue weighted by Crippen LogP contribution is -2.26. The monoisotopic (exact) mass is 588 g/mol. The molecule has 210 valence electrons. The number of nitrogens with one attached hydrogen (secondary N) is 3. The molecule has 0 atom stereocenters. The Morgan fingerprint density at radius 2 is 1.59 bits per heavy atom. The van der Waals surface area contributed by atoms with E-state index in [0.29, 0.717) is 68.4 Å². The van der Waals surface area contributed by atoms with Crippen molar-refractivity contribution in [1.29, 1.82) is 0 Å². The standard InChI is InChI=1S/C30H28N4O5S2/c1-38-23-11-8-19(16-24(23)39-2)13-15-31-27(35)20-9-10-21-22(17-20)34-26(33-28(21)36)25(41-30(34)40)29(37)32-14-12-18-6-4-3-5-7-18/h3-11,16-17H,12-15H2,1-2H3,(H,31,35)(H,32,37)(H,33,36). The van der Waals surface area contributed by atoms with Gasteiger partial charge in [-0.1, -0.05) is 47.7 Å². The second-order valence-corrected chi connectivity index (χ2v) is 10.9. The van der Waals surface area contributed by atoms with Gasteiger partial charge < -0.3 is 25.1 Å². The number of thiazole rings is 1. The van der Waals surface area contributed by atoms with Gasteiger partial charge in [0.05, 0.1) is 25.1 Å². The predicted octanol–water partition coefficient (Wildman–Crippen LogP) is 4.53. The molecule has 0 fully saturated rings. The summed E-state index contributed by atoms with van der Waals surface area (Å²) >= 11 is 6.70. The number of aromatic nitrogens is 2. The highest BCUT2D eigenvalue weighted by molar-refractivity contribution is 7.73. The number of methoxy groups -OCH3 is 2. The van der Waals surface area contributed by atoms with Gasteiger partial charge in [0.2, 0.25) is 0 Å². The molecule has 2 heterocycles. The van der Waals surface area contributed by atoms with Crippen molar-refractivity contribution in [3.63, 3.8) is 0 Å². The number of carbonyl (C=O) groups excluding carboxylic acids is 2. The van der Waals surface area contributed by atoms with E-state index in [1.54, 1.807) is 36.8 Å². The molecule has 0 aliphatic rings. The molecule has 0 aliphatic heterocycles. The van der Waals surface area contributed by atoms with E-state index in [0.717, 1.165) is 22.5 Å². The van der Waals surface area contributed by atoms with Gasteiger partial charge in [-0.15, -0.1) is 0 Å². The minimum Gasteiger partial charge on any atom is -0.493 e. The summed E-state index contributed by atoms with van der Waals surface area (Å²) in [6.45, 7) is 0.827. The molecule has 9 nitrogen and oxygen atoms in total. The third-order valence-electron chi connectivity index (χ3n) is 6.68. The molecule has 11 heteroatoms. The largest absolute Gasteiger partial charge is 0.493 e. The molecule has 3 N–H and O–H groups in total. The number of H-pyrrole nitrogens is 1. The maximum atomic E-state index is 13.0. The Morgan fingerprint density at radius 3 is 2.32 bits per heavy atom. The van der Waals surface area contributed by atoms with Crippen LogP contribution in [0.1, 0.15) is 31.2 Å². The third-order valence-corrected chi connectivity index (χ3v) is 8.06. The van der Waals surface area contributed by atoms with Crippen LogP contribution in [0, 0.1) is 3.95 Å². The van der Waals surface area contributed by atoms with Crippen LogP contribution in [0.3, 0.4) is 0 Å². The molecule has 0 spiro atoms. The minimum atomic E-state index is -0.369. The van der Waals surface area contributed by atoms with Gasteiger partial charge in [-0.05, 0) is 66.5 Å². The van der Waals surface area contributed by atoms with Crippen LogP contribution in [0.15, 0.2) is 71.5 Å². The van der Waals surface area contributed by atoms with Crippen LogP contribution in [0.2, 0.25) is 0 Å². The number of carbonyl (C=O) groups is 2. The molecule has 2 amide bonds. The lowest BCUT2D eigenvalue weighted by atomic mass is 10.1. The molecule has 5 rings (SSSR count). The van der Waals surface area contributed by atoms with Crippen molar-refractivity contribution >= 4 is 51.9 Å². The normalized spacial score (nSPS) is 11.0. The first-order valence-electron chi connectivity index (χ1n) is 12.9. The second kappa shape index (κ2) is 12.4. The molecule has 0 radical (unpaired) electrons. The topological polar surface area (TPSA) is 114 Å². The van der Waals surface area contributed by atoms with E-state index in [2.05, 4.69) is 15.6 Å². The first-order chi connectivity index (χ1) is 19.9. The molecule has 2 aromatic heterocycles. The Balaban J connectivity index is 1.35. The van der Waals surface area contributed by atoms with Gasteiger partial charge in [0.15, 0.2) is 15.5 Å². The number of ether oxygens (including phenoxy) is 2. The molecule has 0 aliphatic carbocycles. The molecular formula is C30H28N4O5S2. The van der Waals surface area contributed by atoms with Crippen molar-refractivity contribution in [2.45, 2.75) is 12.8 Å². The van der Waals surface area contributed by atoms with Gasteiger partial charge in [-0.2, -0.15) is 0 Å². The van der Waals surface area contributed by atoms with Gasteiger partial charge in [0.1, 0.15) is 10.5 Å². The highest BCUT2D eigenvalue weighted by atomic mass is 32.1. The van der Waals surface area contributed by atoms with Crippen LogP contribution in [0.4, 0.5) is 0 Å². The lowest BCUT2D eigenvalue weighted by molar-refractivity contribution is 0.0948. The summed E-state index contributed by atoms with van der Waals surface area (Å²) in [6.07, 6.45) is 1.26. The number of amides is 2. The number of benzene rings is 3. The summed E-state index contributed by atoms with van der Waals surface area (Å²) in [7, 11) is 3.15. The highest BCUT2D eigenvalue weighted by Crippen LogP contribution is 2.28. The zero-order valence-corrected chi connectivity index (χ0v) is 24.1. The van der Waals surface area contributed by atoms with Crippen molar-refractivity contribution in [2.75, 3.05) is 27.3 Å². The summed E-state index contributed by atoms with van der Waals surface area (Å²) in [4.78, 5) is 42.1. The van der Waals surface area contributed by atoms with E-state index >= 15 is 0 Å². The maximum Gasteiger partial charge on any atom is 0.265 e. The molecular weight excluding hydrogens is 560 g/mol. The molecule has 0 unspecified atom stereocenters. The van der Waals surface area contributed by atoms with Crippen LogP contribution in [0.25, 0.3) is 16.6 Å². The smallest absolute Gasteiger partial charge is 0.265 e. The van der Waals surface area contributed by atoms with Crippen LogP contribution >= 0.6 is 23.6 Å². The summed E-state index contributed by atoms with van der Waals surface area (Å²) < 4.78 is 12.7. The van der Waals surface area contributed by atoms with Crippen LogP contribution in [-0.4, -0.2) is 48.5 Å². The van der Waals surface area contributed by atoms with E-state index in [1.807, 2.05) is 48.5 Å². The van der Waals surface area contributed by atoms with Crippen LogP contribution in [-0.2, 0) is 12.8 Å².